The van der Waals surface area contributed by atoms with E-state index in [0.29, 0.717) is 16.8 Å². The molecule has 3 aromatic rings. The van der Waals surface area contributed by atoms with Crippen LogP contribution >= 0.6 is 12.2 Å². The molecule has 0 bridgehead atoms. The van der Waals surface area contributed by atoms with Crippen LogP contribution in [0.25, 0.3) is 0 Å². The van der Waals surface area contributed by atoms with Crippen molar-refractivity contribution in [2.75, 3.05) is 4.90 Å². The van der Waals surface area contributed by atoms with Gasteiger partial charge in [-0.05, 0) is 61.5 Å². The first kappa shape index (κ1) is 19.2. The fraction of sp³-hybridized carbons (Fsp3) is 0.333. The fourth-order valence-electron chi connectivity index (χ4n) is 4.91. The van der Waals surface area contributed by atoms with Crippen molar-refractivity contribution >= 4 is 23.0 Å². The van der Waals surface area contributed by atoms with Gasteiger partial charge >= 0.3 is 0 Å². The minimum Gasteiger partial charge on any atom is -0.351 e. The maximum absolute atomic E-state index is 14.9. The van der Waals surface area contributed by atoms with Crippen LogP contribution in [0.5, 0.6) is 0 Å². The highest BCUT2D eigenvalue weighted by Gasteiger charge is 2.43. The average Bonchev–Trinajstić information content (AvgIpc) is 3.40. The summed E-state index contributed by atoms with van der Waals surface area (Å²) < 4.78 is 17.3. The molecule has 1 N–H and O–H groups in total. The number of pyridine rings is 1. The SMILES string of the molecule is Fc1ccccc1N1C(=S)N[C@@H](c2ccccn2)[C@@H]1c1cccn1C1CCCCC1. The van der Waals surface area contributed by atoms with Gasteiger partial charge in [0.05, 0.1) is 17.4 Å². The van der Waals surface area contributed by atoms with E-state index in [2.05, 4.69) is 33.2 Å². The van der Waals surface area contributed by atoms with Gasteiger partial charge in [-0.25, -0.2) is 4.39 Å². The summed E-state index contributed by atoms with van der Waals surface area (Å²) in [6.45, 7) is 0. The van der Waals surface area contributed by atoms with E-state index >= 15 is 0 Å². The van der Waals surface area contributed by atoms with E-state index in [4.69, 9.17) is 12.2 Å². The number of hydrogen-bond donors (Lipinski definition) is 1. The molecule has 5 rings (SSSR count). The number of aromatic nitrogens is 2. The molecule has 2 atom stereocenters. The van der Waals surface area contributed by atoms with Crippen LogP contribution in [-0.4, -0.2) is 14.7 Å². The summed E-state index contributed by atoms with van der Waals surface area (Å²) in [6.07, 6.45) is 10.1. The maximum Gasteiger partial charge on any atom is 0.174 e. The molecule has 4 nitrogen and oxygen atoms in total. The number of benzene rings is 1. The Bertz CT molecular complexity index is 1030. The molecule has 1 aromatic carbocycles. The van der Waals surface area contributed by atoms with Crippen molar-refractivity contribution in [2.24, 2.45) is 0 Å². The number of nitrogens with one attached hydrogen (secondary N) is 1. The van der Waals surface area contributed by atoms with Crippen molar-refractivity contribution in [1.29, 1.82) is 0 Å². The second-order valence-corrected chi connectivity index (χ2v) is 8.47. The first-order valence-corrected chi connectivity index (χ1v) is 11.1. The van der Waals surface area contributed by atoms with Crippen molar-refractivity contribution in [2.45, 2.75) is 50.2 Å². The largest absolute Gasteiger partial charge is 0.351 e. The molecule has 2 fully saturated rings. The van der Waals surface area contributed by atoms with E-state index in [1.165, 1.54) is 38.2 Å². The van der Waals surface area contributed by atoms with Gasteiger partial charge in [-0.3, -0.25) is 4.98 Å². The van der Waals surface area contributed by atoms with E-state index in [0.717, 1.165) is 11.4 Å². The standard InChI is InChI=1S/C24H25FN4S/c25-18-11-4-5-13-20(18)29-23(22(27-24(29)30)19-12-6-7-15-26-19)21-14-8-16-28(21)17-9-2-1-3-10-17/h4-8,11-17,22-23H,1-3,9-10H2,(H,27,30)/t22-,23-/m0/s1. The van der Waals surface area contributed by atoms with Crippen LogP contribution in [0.4, 0.5) is 10.1 Å². The van der Waals surface area contributed by atoms with Crippen molar-refractivity contribution in [3.8, 4) is 0 Å². The molecule has 154 valence electrons. The number of anilines is 1. The Labute approximate surface area is 181 Å². The maximum atomic E-state index is 14.9. The minimum absolute atomic E-state index is 0.157. The quantitative estimate of drug-likeness (QED) is 0.549. The Morgan fingerprint density at radius 2 is 1.77 bits per heavy atom. The molecule has 1 saturated heterocycles. The van der Waals surface area contributed by atoms with Crippen LogP contribution in [-0.2, 0) is 0 Å². The lowest BCUT2D eigenvalue weighted by Crippen LogP contribution is -2.31. The Morgan fingerprint density at radius 3 is 2.53 bits per heavy atom. The highest BCUT2D eigenvalue weighted by molar-refractivity contribution is 7.80. The molecule has 0 unspecified atom stereocenters. The number of thiocarbonyl (C=S) groups is 1. The minimum atomic E-state index is -0.274. The Hall–Kier alpha value is -2.73. The Balaban J connectivity index is 1.63. The number of hydrogen-bond acceptors (Lipinski definition) is 2. The number of rotatable bonds is 4. The molecule has 2 aromatic heterocycles. The van der Waals surface area contributed by atoms with Crippen molar-refractivity contribution in [1.82, 2.24) is 14.9 Å². The van der Waals surface area contributed by atoms with Gasteiger partial charge in [-0.1, -0.05) is 37.5 Å². The smallest absolute Gasteiger partial charge is 0.174 e. The van der Waals surface area contributed by atoms with E-state index < -0.39 is 0 Å². The molecule has 1 aliphatic carbocycles. The van der Waals surface area contributed by atoms with E-state index in [9.17, 15) is 4.39 Å². The fourth-order valence-corrected chi connectivity index (χ4v) is 5.25. The summed E-state index contributed by atoms with van der Waals surface area (Å²) in [6, 6.07) is 17.1. The second kappa shape index (κ2) is 8.19. The van der Waals surface area contributed by atoms with Crippen LogP contribution in [0.1, 0.15) is 61.6 Å². The third kappa shape index (κ3) is 3.39. The molecule has 0 radical (unpaired) electrons. The monoisotopic (exact) mass is 420 g/mol. The summed E-state index contributed by atoms with van der Waals surface area (Å²) in [5.74, 6) is -0.274. The molecule has 3 heterocycles. The highest BCUT2D eigenvalue weighted by Crippen LogP contribution is 2.44. The van der Waals surface area contributed by atoms with Crippen LogP contribution in [0.2, 0.25) is 0 Å². The summed E-state index contributed by atoms with van der Waals surface area (Å²) in [4.78, 5) is 6.53. The number of nitrogens with zero attached hydrogens (tertiary/aromatic N) is 3. The molecule has 30 heavy (non-hydrogen) atoms. The summed E-state index contributed by atoms with van der Waals surface area (Å²) in [5.41, 5.74) is 2.54. The lowest BCUT2D eigenvalue weighted by molar-refractivity contribution is 0.339. The van der Waals surface area contributed by atoms with Crippen molar-refractivity contribution in [3.05, 3.63) is 84.2 Å². The molecule has 6 heteroatoms. The van der Waals surface area contributed by atoms with Crippen LogP contribution < -0.4 is 10.2 Å². The molecule has 1 aliphatic heterocycles. The topological polar surface area (TPSA) is 33.1 Å². The zero-order valence-corrected chi connectivity index (χ0v) is 17.6. The predicted octanol–water partition coefficient (Wildman–Crippen LogP) is 5.70. The normalized spacial score (nSPS) is 22.3. The van der Waals surface area contributed by atoms with Gasteiger partial charge in [0.1, 0.15) is 11.9 Å². The van der Waals surface area contributed by atoms with Crippen molar-refractivity contribution in [3.63, 3.8) is 0 Å². The molecule has 0 amide bonds. The molecular formula is C24H25FN4S. The zero-order chi connectivity index (χ0) is 20.5. The first-order valence-electron chi connectivity index (χ1n) is 10.7. The lowest BCUT2D eigenvalue weighted by atomic mass is 9.94. The van der Waals surface area contributed by atoms with Crippen LogP contribution in [0.15, 0.2) is 67.0 Å². The molecule has 0 spiro atoms. The molecule has 2 aliphatic rings. The Morgan fingerprint density at radius 1 is 0.967 bits per heavy atom. The predicted molar refractivity (Wildman–Crippen MR) is 121 cm³/mol. The summed E-state index contributed by atoms with van der Waals surface area (Å²) in [5, 5.41) is 3.95. The first-order chi connectivity index (χ1) is 14.7. The van der Waals surface area contributed by atoms with Gasteiger partial charge in [-0.2, -0.15) is 0 Å². The Kier molecular flexibility index (Phi) is 5.25. The second-order valence-electron chi connectivity index (χ2n) is 8.08. The third-order valence-corrected chi connectivity index (χ3v) is 6.61. The summed E-state index contributed by atoms with van der Waals surface area (Å²) in [7, 11) is 0. The third-order valence-electron chi connectivity index (χ3n) is 6.29. The van der Waals surface area contributed by atoms with Crippen molar-refractivity contribution < 1.29 is 4.39 Å². The summed E-state index contributed by atoms with van der Waals surface area (Å²) >= 11 is 5.72. The van der Waals surface area contributed by atoms with E-state index in [1.54, 1.807) is 18.3 Å². The van der Waals surface area contributed by atoms with E-state index in [1.807, 2.05) is 29.2 Å². The highest BCUT2D eigenvalue weighted by atomic mass is 32.1. The number of halogens is 1. The van der Waals surface area contributed by atoms with Gasteiger partial charge in [0.2, 0.25) is 0 Å². The van der Waals surface area contributed by atoms with Crippen LogP contribution in [0.3, 0.4) is 0 Å². The van der Waals surface area contributed by atoms with Gasteiger partial charge in [0.15, 0.2) is 5.11 Å². The molecular weight excluding hydrogens is 395 g/mol. The van der Waals surface area contributed by atoms with Gasteiger partial charge in [-0.15, -0.1) is 0 Å². The molecule has 1 saturated carbocycles. The van der Waals surface area contributed by atoms with E-state index in [-0.39, 0.29) is 17.9 Å². The zero-order valence-electron chi connectivity index (χ0n) is 16.7. The van der Waals surface area contributed by atoms with Gasteiger partial charge in [0.25, 0.3) is 0 Å². The van der Waals surface area contributed by atoms with Gasteiger partial charge < -0.3 is 14.8 Å². The average molecular weight is 421 g/mol. The number of para-hydroxylation sites is 1. The lowest BCUT2D eigenvalue weighted by Gasteiger charge is -2.32. The van der Waals surface area contributed by atoms with Gasteiger partial charge in [0, 0.05) is 24.1 Å². The van der Waals surface area contributed by atoms with Crippen LogP contribution in [0, 0.1) is 5.82 Å².